The van der Waals surface area contributed by atoms with Crippen molar-refractivity contribution in [2.24, 2.45) is 0 Å². The number of carbonyl (C=O) groups is 2. The van der Waals surface area contributed by atoms with Gasteiger partial charge in [0.05, 0.1) is 11.3 Å². The lowest BCUT2D eigenvalue weighted by molar-refractivity contribution is -0.385. The van der Waals surface area contributed by atoms with Crippen molar-refractivity contribution in [2.45, 2.75) is 25.9 Å². The van der Waals surface area contributed by atoms with Gasteiger partial charge < -0.3 is 10.2 Å². The number of carbonyl (C=O) groups excluding carboxylic acids is 2. The van der Waals surface area contributed by atoms with Gasteiger partial charge in [0.15, 0.2) is 0 Å². The molecule has 0 saturated heterocycles. The van der Waals surface area contributed by atoms with Crippen LogP contribution in [0.2, 0.25) is 0 Å². The third-order valence-corrected chi connectivity index (χ3v) is 4.21. The first-order valence-corrected chi connectivity index (χ1v) is 8.31. The first kappa shape index (κ1) is 20.0. The highest BCUT2D eigenvalue weighted by Gasteiger charge is 2.27. The van der Waals surface area contributed by atoms with Gasteiger partial charge in [0, 0.05) is 25.2 Å². The lowest BCUT2D eigenvalue weighted by Gasteiger charge is -2.28. The summed E-state index contributed by atoms with van der Waals surface area (Å²) in [7, 11) is 1.46. The standard InChI is InChI=1S/C19H20FN3O4/c1-13(19(25)21-2)22(12-14-7-9-16(20)10-8-14)18(24)11-15-5-3-4-6-17(15)23(26)27/h3-10,13H,11-12H2,1-2H3,(H,21,25)/t13-/m0/s1. The number of hydrogen-bond donors (Lipinski definition) is 1. The third kappa shape index (κ3) is 5.10. The number of likely N-dealkylation sites (N-methyl/N-ethyl adjacent to an activating group) is 1. The number of nitrogens with zero attached hydrogens (tertiary/aromatic N) is 2. The molecular weight excluding hydrogens is 353 g/mol. The number of rotatable bonds is 7. The maximum atomic E-state index is 13.1. The fourth-order valence-corrected chi connectivity index (χ4v) is 2.68. The number of benzene rings is 2. The minimum absolute atomic E-state index is 0.0777. The zero-order chi connectivity index (χ0) is 20.0. The van der Waals surface area contributed by atoms with Crippen LogP contribution in [0.5, 0.6) is 0 Å². The maximum absolute atomic E-state index is 13.1. The molecule has 0 unspecified atom stereocenters. The van der Waals surface area contributed by atoms with E-state index in [1.165, 1.54) is 54.4 Å². The van der Waals surface area contributed by atoms with Crippen LogP contribution in [0.25, 0.3) is 0 Å². The van der Waals surface area contributed by atoms with E-state index in [0.29, 0.717) is 5.56 Å². The molecule has 0 aliphatic carbocycles. The Morgan fingerprint density at radius 2 is 1.81 bits per heavy atom. The van der Waals surface area contributed by atoms with E-state index in [1.807, 2.05) is 0 Å². The SMILES string of the molecule is CNC(=O)[C@H](C)N(Cc1ccc(F)cc1)C(=O)Cc1ccccc1[N+](=O)[O-]. The van der Waals surface area contributed by atoms with E-state index in [1.54, 1.807) is 13.0 Å². The van der Waals surface area contributed by atoms with Gasteiger partial charge in [-0.2, -0.15) is 0 Å². The molecule has 2 aromatic carbocycles. The van der Waals surface area contributed by atoms with Crippen molar-refractivity contribution in [3.05, 3.63) is 75.6 Å². The number of para-hydroxylation sites is 1. The summed E-state index contributed by atoms with van der Waals surface area (Å²) in [5.74, 6) is -1.21. The average Bonchev–Trinajstić information content (AvgIpc) is 2.66. The van der Waals surface area contributed by atoms with Crippen LogP contribution in [0, 0.1) is 15.9 Å². The van der Waals surface area contributed by atoms with E-state index in [-0.39, 0.29) is 30.1 Å². The van der Waals surface area contributed by atoms with Crippen molar-refractivity contribution < 1.29 is 18.9 Å². The third-order valence-electron chi connectivity index (χ3n) is 4.21. The molecule has 2 amide bonds. The van der Waals surface area contributed by atoms with E-state index < -0.39 is 22.7 Å². The van der Waals surface area contributed by atoms with Crippen LogP contribution in [0.15, 0.2) is 48.5 Å². The van der Waals surface area contributed by atoms with Crippen LogP contribution in [0.1, 0.15) is 18.1 Å². The van der Waals surface area contributed by atoms with Gasteiger partial charge in [-0.15, -0.1) is 0 Å². The molecular formula is C19H20FN3O4. The second kappa shape index (κ2) is 8.88. The maximum Gasteiger partial charge on any atom is 0.273 e. The van der Waals surface area contributed by atoms with Crippen LogP contribution in [0.4, 0.5) is 10.1 Å². The molecule has 27 heavy (non-hydrogen) atoms. The van der Waals surface area contributed by atoms with Gasteiger partial charge in [-0.05, 0) is 24.6 Å². The fourth-order valence-electron chi connectivity index (χ4n) is 2.68. The summed E-state index contributed by atoms with van der Waals surface area (Å²) in [4.78, 5) is 36.9. The molecule has 0 aromatic heterocycles. The van der Waals surface area contributed by atoms with Crippen LogP contribution in [-0.4, -0.2) is 34.7 Å². The lowest BCUT2D eigenvalue weighted by Crippen LogP contribution is -2.47. The van der Waals surface area contributed by atoms with Crippen LogP contribution >= 0.6 is 0 Å². The van der Waals surface area contributed by atoms with Crippen molar-refractivity contribution in [3.63, 3.8) is 0 Å². The summed E-state index contributed by atoms with van der Waals surface area (Å²) in [5.41, 5.74) is 0.754. The molecule has 0 fully saturated rings. The van der Waals surface area contributed by atoms with Crippen LogP contribution in [0.3, 0.4) is 0 Å². The summed E-state index contributed by atoms with van der Waals surface area (Å²) >= 11 is 0. The zero-order valence-corrected chi connectivity index (χ0v) is 15.0. The monoisotopic (exact) mass is 373 g/mol. The number of nitrogens with one attached hydrogen (secondary N) is 1. The normalized spacial score (nSPS) is 11.5. The molecule has 8 heteroatoms. The summed E-state index contributed by atoms with van der Waals surface area (Å²) < 4.78 is 13.1. The van der Waals surface area contributed by atoms with Gasteiger partial charge in [-0.25, -0.2) is 4.39 Å². The number of hydrogen-bond acceptors (Lipinski definition) is 4. The number of nitro groups is 1. The Morgan fingerprint density at radius 1 is 1.19 bits per heavy atom. The lowest BCUT2D eigenvalue weighted by atomic mass is 10.1. The van der Waals surface area contributed by atoms with Gasteiger partial charge in [-0.3, -0.25) is 19.7 Å². The van der Waals surface area contributed by atoms with Crippen LogP contribution < -0.4 is 5.32 Å². The molecule has 0 saturated carbocycles. The number of nitro benzene ring substituents is 1. The minimum Gasteiger partial charge on any atom is -0.357 e. The number of halogens is 1. The highest BCUT2D eigenvalue weighted by Crippen LogP contribution is 2.20. The van der Waals surface area contributed by atoms with E-state index in [4.69, 9.17) is 0 Å². The zero-order valence-electron chi connectivity index (χ0n) is 15.0. The van der Waals surface area contributed by atoms with Crippen molar-refractivity contribution in [2.75, 3.05) is 7.05 Å². The molecule has 1 atom stereocenters. The average molecular weight is 373 g/mol. The van der Waals surface area contributed by atoms with Gasteiger partial charge >= 0.3 is 0 Å². The quantitative estimate of drug-likeness (QED) is 0.596. The predicted molar refractivity (Wildman–Crippen MR) is 97.3 cm³/mol. The summed E-state index contributed by atoms with van der Waals surface area (Å²) in [6, 6.07) is 10.8. The molecule has 0 aliphatic rings. The van der Waals surface area contributed by atoms with Crippen molar-refractivity contribution in [3.8, 4) is 0 Å². The first-order valence-electron chi connectivity index (χ1n) is 8.31. The minimum atomic E-state index is -0.796. The summed E-state index contributed by atoms with van der Waals surface area (Å²) in [6.45, 7) is 1.65. The van der Waals surface area contributed by atoms with Gasteiger partial charge in [-0.1, -0.05) is 30.3 Å². The second-order valence-electron chi connectivity index (χ2n) is 6.00. The topological polar surface area (TPSA) is 92.6 Å². The van der Waals surface area contributed by atoms with Gasteiger partial charge in [0.25, 0.3) is 5.69 Å². The Labute approximate surface area is 155 Å². The Hall–Kier alpha value is -3.29. The molecule has 0 bridgehead atoms. The van der Waals surface area contributed by atoms with E-state index in [2.05, 4.69) is 5.32 Å². The molecule has 0 aliphatic heterocycles. The van der Waals surface area contributed by atoms with Crippen molar-refractivity contribution >= 4 is 17.5 Å². The summed E-state index contributed by atoms with van der Waals surface area (Å²) in [5, 5.41) is 13.7. The highest BCUT2D eigenvalue weighted by atomic mass is 19.1. The van der Waals surface area contributed by atoms with Crippen LogP contribution in [-0.2, 0) is 22.6 Å². The Bertz CT molecular complexity index is 839. The Morgan fingerprint density at radius 3 is 2.41 bits per heavy atom. The Balaban J connectivity index is 2.29. The fraction of sp³-hybridized carbons (Fsp3) is 0.263. The molecule has 142 valence electrons. The Kier molecular flexibility index (Phi) is 6.59. The molecule has 2 rings (SSSR count). The smallest absolute Gasteiger partial charge is 0.273 e. The predicted octanol–water partition coefficient (Wildman–Crippen LogP) is 2.44. The largest absolute Gasteiger partial charge is 0.357 e. The van der Waals surface area contributed by atoms with Gasteiger partial charge in [0.2, 0.25) is 11.8 Å². The molecule has 0 heterocycles. The van der Waals surface area contributed by atoms with Gasteiger partial charge in [0.1, 0.15) is 11.9 Å². The van der Waals surface area contributed by atoms with Crippen molar-refractivity contribution in [1.82, 2.24) is 10.2 Å². The molecule has 7 nitrogen and oxygen atoms in total. The van der Waals surface area contributed by atoms with E-state index in [9.17, 15) is 24.1 Å². The molecule has 2 aromatic rings. The van der Waals surface area contributed by atoms with Crippen molar-refractivity contribution in [1.29, 1.82) is 0 Å². The summed E-state index contributed by atoms with van der Waals surface area (Å²) in [6.07, 6.45) is -0.223. The first-order chi connectivity index (χ1) is 12.8. The highest BCUT2D eigenvalue weighted by molar-refractivity contribution is 5.88. The van der Waals surface area contributed by atoms with E-state index in [0.717, 1.165) is 0 Å². The number of amides is 2. The van der Waals surface area contributed by atoms with E-state index >= 15 is 0 Å². The molecule has 0 radical (unpaired) electrons. The molecule has 0 spiro atoms. The molecule has 1 N–H and O–H groups in total. The second-order valence-corrected chi connectivity index (χ2v) is 6.00.